The molecule has 2 rings (SSSR count). The summed E-state index contributed by atoms with van der Waals surface area (Å²) in [6, 6.07) is 5.69. The number of aromatic nitrogens is 1. The Balaban J connectivity index is 2.09. The van der Waals surface area contributed by atoms with E-state index in [0.29, 0.717) is 6.54 Å². The van der Waals surface area contributed by atoms with Crippen LogP contribution in [0.15, 0.2) is 29.1 Å². The number of nitrogens with zero attached hydrogens (tertiary/aromatic N) is 1. The lowest BCUT2D eigenvalue weighted by Gasteiger charge is -2.09. The van der Waals surface area contributed by atoms with Crippen LogP contribution in [0.3, 0.4) is 0 Å². The van der Waals surface area contributed by atoms with Crippen molar-refractivity contribution in [2.75, 3.05) is 19.5 Å². The van der Waals surface area contributed by atoms with E-state index in [0.717, 1.165) is 22.9 Å². The second-order valence-electron chi connectivity index (χ2n) is 3.43. The Kier molecular flexibility index (Phi) is 3.82. The standard InChI is InChI=1S/C12H14N2O2S/c1-15-11-3-9(4-12(5-11)16-2)13-6-10-7-17-8-14-10/h3-5,7-8,13H,6H2,1-2H3. The first kappa shape index (κ1) is 11.7. The van der Waals surface area contributed by atoms with Gasteiger partial charge in [-0.25, -0.2) is 4.98 Å². The number of nitrogens with one attached hydrogen (secondary N) is 1. The molecule has 0 radical (unpaired) electrons. The Hall–Kier alpha value is -1.75. The second kappa shape index (κ2) is 5.54. The first-order valence-corrected chi connectivity index (χ1v) is 6.10. The van der Waals surface area contributed by atoms with Crippen LogP contribution in [0.25, 0.3) is 0 Å². The van der Waals surface area contributed by atoms with Crippen LogP contribution >= 0.6 is 11.3 Å². The molecule has 0 aliphatic carbocycles. The first-order chi connectivity index (χ1) is 8.31. The van der Waals surface area contributed by atoms with Crippen molar-refractivity contribution in [2.45, 2.75) is 6.54 Å². The maximum atomic E-state index is 5.20. The minimum atomic E-state index is 0.694. The highest BCUT2D eigenvalue weighted by molar-refractivity contribution is 7.07. The van der Waals surface area contributed by atoms with Gasteiger partial charge in [0.15, 0.2) is 0 Å². The van der Waals surface area contributed by atoms with Crippen molar-refractivity contribution in [3.8, 4) is 11.5 Å². The zero-order valence-electron chi connectivity index (χ0n) is 9.77. The first-order valence-electron chi connectivity index (χ1n) is 5.16. The lowest BCUT2D eigenvalue weighted by molar-refractivity contribution is 0.394. The monoisotopic (exact) mass is 250 g/mol. The number of benzene rings is 1. The summed E-state index contributed by atoms with van der Waals surface area (Å²) in [6.45, 7) is 0.694. The fraction of sp³-hybridized carbons (Fsp3) is 0.250. The Morgan fingerprint density at radius 1 is 1.18 bits per heavy atom. The molecule has 0 bridgehead atoms. The van der Waals surface area contributed by atoms with Gasteiger partial charge in [0.05, 0.1) is 32.0 Å². The molecule has 90 valence electrons. The minimum absolute atomic E-state index is 0.694. The van der Waals surface area contributed by atoms with Gasteiger partial charge in [-0.1, -0.05) is 0 Å². The predicted octanol–water partition coefficient (Wildman–Crippen LogP) is 2.77. The molecule has 0 atom stereocenters. The van der Waals surface area contributed by atoms with Crippen molar-refractivity contribution < 1.29 is 9.47 Å². The molecule has 1 heterocycles. The van der Waals surface area contributed by atoms with E-state index in [1.807, 2.05) is 29.1 Å². The third-order valence-electron chi connectivity index (χ3n) is 2.31. The van der Waals surface area contributed by atoms with Crippen LogP contribution in [0.5, 0.6) is 11.5 Å². The summed E-state index contributed by atoms with van der Waals surface area (Å²) in [6.07, 6.45) is 0. The van der Waals surface area contributed by atoms with Gasteiger partial charge in [-0.2, -0.15) is 0 Å². The molecule has 0 unspecified atom stereocenters. The zero-order chi connectivity index (χ0) is 12.1. The van der Waals surface area contributed by atoms with Gasteiger partial charge >= 0.3 is 0 Å². The number of rotatable bonds is 5. The van der Waals surface area contributed by atoms with E-state index < -0.39 is 0 Å². The highest BCUT2D eigenvalue weighted by Crippen LogP contribution is 2.26. The molecule has 1 aromatic heterocycles. The molecule has 1 aromatic carbocycles. The number of methoxy groups -OCH3 is 2. The van der Waals surface area contributed by atoms with Gasteiger partial charge in [-0.3, -0.25) is 0 Å². The number of hydrogen-bond donors (Lipinski definition) is 1. The van der Waals surface area contributed by atoms with Crippen LogP contribution in [0.1, 0.15) is 5.69 Å². The van der Waals surface area contributed by atoms with E-state index >= 15 is 0 Å². The third kappa shape index (κ3) is 3.10. The molecule has 17 heavy (non-hydrogen) atoms. The Bertz CT molecular complexity index is 449. The van der Waals surface area contributed by atoms with Crippen molar-refractivity contribution in [3.05, 3.63) is 34.8 Å². The second-order valence-corrected chi connectivity index (χ2v) is 4.15. The van der Waals surface area contributed by atoms with Gasteiger partial charge in [0.25, 0.3) is 0 Å². The van der Waals surface area contributed by atoms with E-state index in [-0.39, 0.29) is 0 Å². The van der Waals surface area contributed by atoms with E-state index in [1.165, 1.54) is 0 Å². The fourth-order valence-electron chi connectivity index (χ4n) is 1.43. The molecule has 0 saturated heterocycles. The van der Waals surface area contributed by atoms with Crippen LogP contribution in [-0.4, -0.2) is 19.2 Å². The highest BCUT2D eigenvalue weighted by Gasteiger charge is 2.02. The van der Waals surface area contributed by atoms with E-state index in [2.05, 4.69) is 10.3 Å². The molecule has 4 nitrogen and oxygen atoms in total. The maximum Gasteiger partial charge on any atom is 0.124 e. The third-order valence-corrected chi connectivity index (χ3v) is 2.94. The molecule has 0 aliphatic rings. The molecule has 2 aromatic rings. The average molecular weight is 250 g/mol. The summed E-state index contributed by atoms with van der Waals surface area (Å²) >= 11 is 1.59. The SMILES string of the molecule is COc1cc(NCc2cscn2)cc(OC)c1. The summed E-state index contributed by atoms with van der Waals surface area (Å²) in [5.41, 5.74) is 3.80. The van der Waals surface area contributed by atoms with Crippen molar-refractivity contribution in [1.29, 1.82) is 0 Å². The Morgan fingerprint density at radius 3 is 2.41 bits per heavy atom. The molecule has 5 heteroatoms. The van der Waals surface area contributed by atoms with Gasteiger partial charge in [0.1, 0.15) is 11.5 Å². The summed E-state index contributed by atoms with van der Waals surface area (Å²) in [5.74, 6) is 1.54. The van der Waals surface area contributed by atoms with Crippen molar-refractivity contribution in [2.24, 2.45) is 0 Å². The van der Waals surface area contributed by atoms with Crippen LogP contribution in [0.2, 0.25) is 0 Å². The molecule has 1 N–H and O–H groups in total. The molecular formula is C12H14N2O2S. The van der Waals surface area contributed by atoms with E-state index in [1.54, 1.807) is 25.6 Å². The summed E-state index contributed by atoms with van der Waals surface area (Å²) in [4.78, 5) is 4.21. The predicted molar refractivity (Wildman–Crippen MR) is 69.0 cm³/mol. The Labute approximate surface area is 104 Å². The van der Waals surface area contributed by atoms with E-state index in [9.17, 15) is 0 Å². The van der Waals surface area contributed by atoms with Crippen molar-refractivity contribution in [3.63, 3.8) is 0 Å². The molecule has 0 aliphatic heterocycles. The lowest BCUT2D eigenvalue weighted by atomic mass is 10.2. The summed E-state index contributed by atoms with van der Waals surface area (Å²) < 4.78 is 10.4. The molecule has 0 spiro atoms. The number of anilines is 1. The van der Waals surface area contributed by atoms with Gasteiger partial charge in [0, 0.05) is 29.3 Å². The fourth-order valence-corrected chi connectivity index (χ4v) is 1.99. The van der Waals surface area contributed by atoms with Crippen LogP contribution in [0.4, 0.5) is 5.69 Å². The number of hydrogen-bond acceptors (Lipinski definition) is 5. The molecule has 0 saturated carbocycles. The molecule has 0 amide bonds. The van der Waals surface area contributed by atoms with Gasteiger partial charge in [-0.05, 0) is 0 Å². The molecule has 0 fully saturated rings. The Morgan fingerprint density at radius 2 is 1.88 bits per heavy atom. The summed E-state index contributed by atoms with van der Waals surface area (Å²) in [5, 5.41) is 5.30. The molecular weight excluding hydrogens is 236 g/mol. The van der Waals surface area contributed by atoms with Crippen LogP contribution < -0.4 is 14.8 Å². The largest absolute Gasteiger partial charge is 0.497 e. The van der Waals surface area contributed by atoms with E-state index in [4.69, 9.17) is 9.47 Å². The van der Waals surface area contributed by atoms with Crippen LogP contribution in [0, 0.1) is 0 Å². The van der Waals surface area contributed by atoms with Gasteiger partial charge in [0.2, 0.25) is 0 Å². The van der Waals surface area contributed by atoms with Crippen molar-refractivity contribution in [1.82, 2.24) is 4.98 Å². The average Bonchev–Trinajstić information content (AvgIpc) is 2.89. The topological polar surface area (TPSA) is 43.4 Å². The maximum absolute atomic E-state index is 5.20. The quantitative estimate of drug-likeness (QED) is 0.886. The van der Waals surface area contributed by atoms with Gasteiger partial charge in [-0.15, -0.1) is 11.3 Å². The van der Waals surface area contributed by atoms with Crippen LogP contribution in [-0.2, 0) is 6.54 Å². The number of thiazole rings is 1. The zero-order valence-corrected chi connectivity index (χ0v) is 10.6. The minimum Gasteiger partial charge on any atom is -0.497 e. The van der Waals surface area contributed by atoms with Gasteiger partial charge < -0.3 is 14.8 Å². The normalized spacial score (nSPS) is 10.0. The number of ether oxygens (including phenoxy) is 2. The lowest BCUT2D eigenvalue weighted by Crippen LogP contribution is -2.00. The van der Waals surface area contributed by atoms with Crippen molar-refractivity contribution >= 4 is 17.0 Å². The highest BCUT2D eigenvalue weighted by atomic mass is 32.1. The smallest absolute Gasteiger partial charge is 0.124 e. The summed E-state index contributed by atoms with van der Waals surface area (Å²) in [7, 11) is 3.28.